The zero-order valence-corrected chi connectivity index (χ0v) is 26.8. The molecule has 9 nitrogen and oxygen atoms in total. The van der Waals surface area contributed by atoms with Crippen LogP contribution in [0.1, 0.15) is 37.8 Å². The number of benzene rings is 3. The van der Waals surface area contributed by atoms with Crippen molar-refractivity contribution in [3.8, 4) is 11.5 Å². The summed E-state index contributed by atoms with van der Waals surface area (Å²) < 4.78 is 37.2. The van der Waals surface area contributed by atoms with Crippen molar-refractivity contribution in [1.82, 2.24) is 10.2 Å². The number of halogens is 1. The fourth-order valence-corrected chi connectivity index (χ4v) is 5.93. The van der Waals surface area contributed by atoms with Gasteiger partial charge in [0, 0.05) is 32.0 Å². The minimum absolute atomic E-state index is 0.0140. The quantitative estimate of drug-likeness (QED) is 0.252. The Morgan fingerprint density at radius 2 is 1.63 bits per heavy atom. The maximum Gasteiger partial charge on any atom is 0.243 e. The molecule has 0 saturated heterocycles. The van der Waals surface area contributed by atoms with E-state index in [1.807, 2.05) is 68.4 Å². The van der Waals surface area contributed by atoms with Gasteiger partial charge in [0.05, 0.1) is 31.2 Å². The lowest BCUT2D eigenvalue weighted by Crippen LogP contribution is -2.51. The molecule has 2 amide bonds. The minimum atomic E-state index is -3.68. The van der Waals surface area contributed by atoms with Crippen molar-refractivity contribution in [1.29, 1.82) is 0 Å². The first kappa shape index (κ1) is 33.7. The fraction of sp³-hybridized carbons (Fsp3) is 0.375. The van der Waals surface area contributed by atoms with Crippen LogP contribution in [0, 0.1) is 0 Å². The predicted octanol–water partition coefficient (Wildman–Crippen LogP) is 5.07. The summed E-state index contributed by atoms with van der Waals surface area (Å²) in [5, 5.41) is 3.24. The molecule has 0 unspecified atom stereocenters. The number of carbonyl (C=O) groups is 2. The second-order valence-electron chi connectivity index (χ2n) is 10.5. The molecule has 0 bridgehead atoms. The van der Waals surface area contributed by atoms with Crippen LogP contribution in [0.4, 0.5) is 5.69 Å². The summed E-state index contributed by atoms with van der Waals surface area (Å²) in [5.74, 6) is 0.522. The molecule has 0 heterocycles. The van der Waals surface area contributed by atoms with Crippen LogP contribution in [-0.2, 0) is 32.6 Å². The van der Waals surface area contributed by atoms with E-state index in [0.717, 1.165) is 17.4 Å². The summed E-state index contributed by atoms with van der Waals surface area (Å²) in [7, 11) is -0.636. The average molecular weight is 630 g/mol. The molecule has 0 aromatic heterocycles. The maximum atomic E-state index is 13.9. The van der Waals surface area contributed by atoms with Crippen molar-refractivity contribution in [3.05, 3.63) is 88.9 Å². The van der Waals surface area contributed by atoms with E-state index in [9.17, 15) is 18.0 Å². The molecule has 3 rings (SSSR count). The van der Waals surface area contributed by atoms with Gasteiger partial charge in [0.25, 0.3) is 0 Å². The first-order valence-electron chi connectivity index (χ1n) is 14.0. The molecule has 43 heavy (non-hydrogen) atoms. The van der Waals surface area contributed by atoms with Gasteiger partial charge in [-0.1, -0.05) is 54.1 Å². The van der Waals surface area contributed by atoms with Crippen molar-refractivity contribution >= 4 is 39.1 Å². The topological polar surface area (TPSA) is 105 Å². The van der Waals surface area contributed by atoms with E-state index in [1.54, 1.807) is 24.1 Å². The number of nitrogens with one attached hydrogen (secondary N) is 1. The van der Waals surface area contributed by atoms with Gasteiger partial charge < -0.3 is 19.7 Å². The molecular weight excluding hydrogens is 590 g/mol. The van der Waals surface area contributed by atoms with Crippen molar-refractivity contribution in [2.45, 2.75) is 51.7 Å². The van der Waals surface area contributed by atoms with Gasteiger partial charge in [-0.05, 0) is 61.7 Å². The predicted molar refractivity (Wildman–Crippen MR) is 170 cm³/mol. The molecular formula is C32H40ClN3O6S. The standard InChI is InChI=1S/C32H40ClN3O6S/c1-23(2)34-32(38)29(20-24-11-7-6-8-12-24)35(22-25-13-9-14-27(19-25)41-3)31(37)15-10-18-36(43(5,39)40)26-16-17-30(42-4)28(33)21-26/h6-9,11-14,16-17,19,21,23,29H,10,15,18,20,22H2,1-5H3,(H,34,38)/t29-/m1/s1. The molecule has 0 fully saturated rings. The van der Waals surface area contributed by atoms with Crippen molar-refractivity contribution < 1.29 is 27.5 Å². The number of nitrogens with zero attached hydrogens (tertiary/aromatic N) is 2. The Morgan fingerprint density at radius 1 is 0.930 bits per heavy atom. The lowest BCUT2D eigenvalue weighted by Gasteiger charge is -2.32. The summed E-state index contributed by atoms with van der Waals surface area (Å²) in [4.78, 5) is 29.1. The molecule has 0 saturated carbocycles. The number of hydrogen-bond donors (Lipinski definition) is 1. The highest BCUT2D eigenvalue weighted by atomic mass is 35.5. The minimum Gasteiger partial charge on any atom is -0.497 e. The zero-order chi connectivity index (χ0) is 31.6. The van der Waals surface area contributed by atoms with Gasteiger partial charge in [0.1, 0.15) is 17.5 Å². The van der Waals surface area contributed by atoms with E-state index in [0.29, 0.717) is 23.6 Å². The van der Waals surface area contributed by atoms with Gasteiger partial charge in [0.2, 0.25) is 21.8 Å². The van der Waals surface area contributed by atoms with E-state index in [4.69, 9.17) is 21.1 Å². The summed E-state index contributed by atoms with van der Waals surface area (Å²) >= 11 is 6.26. The Bertz CT molecular complexity index is 1480. The SMILES string of the molecule is COc1cccc(CN(C(=O)CCCN(c2ccc(OC)c(Cl)c2)S(C)(=O)=O)[C@H](Cc2ccccc2)C(=O)NC(C)C)c1. The largest absolute Gasteiger partial charge is 0.497 e. The highest BCUT2D eigenvalue weighted by molar-refractivity contribution is 7.92. The van der Waals surface area contributed by atoms with Crippen LogP contribution in [-0.4, -0.2) is 64.2 Å². The van der Waals surface area contributed by atoms with Gasteiger partial charge in [-0.2, -0.15) is 0 Å². The Hall–Kier alpha value is -3.76. The number of hydrogen-bond acceptors (Lipinski definition) is 6. The number of methoxy groups -OCH3 is 2. The second kappa shape index (κ2) is 15.6. The number of carbonyl (C=O) groups excluding carboxylic acids is 2. The van der Waals surface area contributed by atoms with Crippen LogP contribution < -0.4 is 19.1 Å². The van der Waals surface area contributed by atoms with Gasteiger partial charge in [-0.25, -0.2) is 8.42 Å². The molecule has 0 aliphatic rings. The van der Waals surface area contributed by atoms with E-state index in [2.05, 4.69) is 5.32 Å². The van der Waals surface area contributed by atoms with E-state index >= 15 is 0 Å². The number of rotatable bonds is 15. The Kier molecular flexibility index (Phi) is 12.3. The summed E-state index contributed by atoms with van der Waals surface area (Å²) in [6.07, 6.45) is 1.65. The molecule has 0 aliphatic carbocycles. The molecule has 3 aromatic rings. The summed E-state index contributed by atoms with van der Waals surface area (Å²) in [6, 6.07) is 20.7. The van der Waals surface area contributed by atoms with Crippen LogP contribution in [0.5, 0.6) is 11.5 Å². The highest BCUT2D eigenvalue weighted by Gasteiger charge is 2.31. The van der Waals surface area contributed by atoms with Crippen LogP contribution in [0.15, 0.2) is 72.8 Å². The number of sulfonamides is 1. The third-order valence-electron chi connectivity index (χ3n) is 6.76. The molecule has 0 spiro atoms. The number of anilines is 1. The lowest BCUT2D eigenvalue weighted by atomic mass is 10.0. The van der Waals surface area contributed by atoms with E-state index in [1.165, 1.54) is 17.5 Å². The van der Waals surface area contributed by atoms with Gasteiger partial charge in [0.15, 0.2) is 0 Å². The first-order valence-corrected chi connectivity index (χ1v) is 16.2. The van der Waals surface area contributed by atoms with Crippen LogP contribution in [0.3, 0.4) is 0 Å². The lowest BCUT2D eigenvalue weighted by molar-refractivity contribution is -0.141. The van der Waals surface area contributed by atoms with Gasteiger partial charge in [-0.15, -0.1) is 0 Å². The van der Waals surface area contributed by atoms with Crippen molar-refractivity contribution in [3.63, 3.8) is 0 Å². The van der Waals surface area contributed by atoms with Gasteiger partial charge >= 0.3 is 0 Å². The zero-order valence-electron chi connectivity index (χ0n) is 25.2. The Balaban J connectivity index is 1.90. The molecule has 0 aliphatic heterocycles. The van der Waals surface area contributed by atoms with E-state index < -0.39 is 16.1 Å². The molecule has 3 aromatic carbocycles. The Labute approximate surface area is 259 Å². The number of amides is 2. The molecule has 1 atom stereocenters. The van der Waals surface area contributed by atoms with Crippen LogP contribution in [0.2, 0.25) is 5.02 Å². The first-order chi connectivity index (χ1) is 20.4. The number of ether oxygens (including phenoxy) is 2. The molecule has 232 valence electrons. The smallest absolute Gasteiger partial charge is 0.243 e. The van der Waals surface area contributed by atoms with E-state index in [-0.39, 0.29) is 48.8 Å². The monoisotopic (exact) mass is 629 g/mol. The maximum absolute atomic E-state index is 13.9. The summed E-state index contributed by atoms with van der Waals surface area (Å²) in [5.41, 5.74) is 2.08. The molecule has 0 radical (unpaired) electrons. The molecule has 11 heteroatoms. The Morgan fingerprint density at radius 3 is 2.23 bits per heavy atom. The second-order valence-corrected chi connectivity index (χ2v) is 12.8. The fourth-order valence-electron chi connectivity index (χ4n) is 4.72. The van der Waals surface area contributed by atoms with Gasteiger partial charge in [-0.3, -0.25) is 13.9 Å². The molecule has 1 N–H and O–H groups in total. The average Bonchev–Trinajstić information content (AvgIpc) is 2.96. The van der Waals surface area contributed by atoms with Crippen LogP contribution >= 0.6 is 11.6 Å². The van der Waals surface area contributed by atoms with Crippen molar-refractivity contribution in [2.75, 3.05) is 31.3 Å². The van der Waals surface area contributed by atoms with Crippen LogP contribution in [0.25, 0.3) is 0 Å². The normalized spacial score (nSPS) is 12.0. The van der Waals surface area contributed by atoms with Crippen molar-refractivity contribution in [2.24, 2.45) is 0 Å². The third-order valence-corrected chi connectivity index (χ3v) is 8.25. The highest BCUT2D eigenvalue weighted by Crippen LogP contribution is 2.30. The summed E-state index contributed by atoms with van der Waals surface area (Å²) in [6.45, 7) is 3.96. The third kappa shape index (κ3) is 9.90.